The quantitative estimate of drug-likeness (QED) is 0.243. The Morgan fingerprint density at radius 1 is 0.872 bits per heavy atom. The highest BCUT2D eigenvalue weighted by molar-refractivity contribution is 6.53. The number of carbonyl (C=O) groups excluding carboxylic acids is 4. The summed E-state index contributed by atoms with van der Waals surface area (Å²) >= 11 is 6.26. The topological polar surface area (TPSA) is 105 Å². The molecular weight excluding hydrogens is 518 g/mol. The van der Waals surface area contributed by atoms with E-state index in [0.717, 1.165) is 24.2 Å². The number of amides is 3. The van der Waals surface area contributed by atoms with E-state index in [1.165, 1.54) is 23.8 Å². The van der Waals surface area contributed by atoms with Crippen molar-refractivity contribution in [3.05, 3.63) is 100 Å². The highest BCUT2D eigenvalue weighted by Gasteiger charge is 2.39. The van der Waals surface area contributed by atoms with Crippen LogP contribution in [0.2, 0.25) is 0 Å². The fraction of sp³-hybridized carbons (Fsp3) is 0.200. The van der Waals surface area contributed by atoms with Crippen molar-refractivity contribution in [2.24, 2.45) is 0 Å². The minimum absolute atomic E-state index is 0.136. The van der Waals surface area contributed by atoms with Gasteiger partial charge in [-0.3, -0.25) is 14.4 Å². The van der Waals surface area contributed by atoms with Crippen LogP contribution >= 0.6 is 11.6 Å². The minimum Gasteiger partial charge on any atom is -0.462 e. The molecule has 0 aliphatic carbocycles. The molecule has 8 nitrogen and oxygen atoms in total. The molecule has 4 rings (SSSR count). The number of rotatable bonds is 10. The lowest BCUT2D eigenvalue weighted by Gasteiger charge is -2.16. The second-order valence-electron chi connectivity index (χ2n) is 8.87. The number of imide groups is 1. The summed E-state index contributed by atoms with van der Waals surface area (Å²) in [5.41, 5.74) is 2.87. The SMILES string of the molecule is CCCCc1ccc(NC(=O)c2cccc(NC3=C(Cl)C(=O)N(c4cccc(C(=O)OCC)c4)C3=O)c2)cc1. The van der Waals surface area contributed by atoms with E-state index in [9.17, 15) is 19.2 Å². The van der Waals surface area contributed by atoms with Gasteiger partial charge in [0.15, 0.2) is 0 Å². The maximum absolute atomic E-state index is 13.2. The zero-order valence-corrected chi connectivity index (χ0v) is 22.4. The first-order valence-corrected chi connectivity index (χ1v) is 13.0. The number of aryl methyl sites for hydroxylation is 1. The van der Waals surface area contributed by atoms with Crippen molar-refractivity contribution in [2.75, 3.05) is 22.1 Å². The van der Waals surface area contributed by atoms with Crippen molar-refractivity contribution in [3.63, 3.8) is 0 Å². The second-order valence-corrected chi connectivity index (χ2v) is 9.24. The number of esters is 1. The third kappa shape index (κ3) is 6.35. The van der Waals surface area contributed by atoms with Gasteiger partial charge in [-0.2, -0.15) is 0 Å². The Kier molecular flexibility index (Phi) is 8.78. The summed E-state index contributed by atoms with van der Waals surface area (Å²) in [6.07, 6.45) is 3.22. The van der Waals surface area contributed by atoms with Crippen LogP contribution in [0.3, 0.4) is 0 Å². The van der Waals surface area contributed by atoms with Gasteiger partial charge in [0.1, 0.15) is 10.7 Å². The van der Waals surface area contributed by atoms with Crippen LogP contribution < -0.4 is 15.5 Å². The van der Waals surface area contributed by atoms with Crippen LogP contribution in [0.4, 0.5) is 17.1 Å². The molecular formula is C30H28ClN3O5. The first-order chi connectivity index (χ1) is 18.8. The van der Waals surface area contributed by atoms with Crippen LogP contribution in [-0.4, -0.2) is 30.3 Å². The van der Waals surface area contributed by atoms with Gasteiger partial charge in [0, 0.05) is 16.9 Å². The molecule has 1 aliphatic heterocycles. The summed E-state index contributed by atoms with van der Waals surface area (Å²) in [5, 5.41) is 5.44. The Balaban J connectivity index is 1.48. The van der Waals surface area contributed by atoms with E-state index < -0.39 is 17.8 Å². The molecule has 0 bridgehead atoms. The van der Waals surface area contributed by atoms with E-state index in [-0.39, 0.29) is 34.5 Å². The molecule has 39 heavy (non-hydrogen) atoms. The number of unbranched alkanes of at least 4 members (excludes halogenated alkanes) is 1. The molecule has 3 aromatic carbocycles. The minimum atomic E-state index is -0.735. The van der Waals surface area contributed by atoms with Gasteiger partial charge in [-0.05, 0) is 73.9 Å². The summed E-state index contributed by atoms with van der Waals surface area (Å²) in [5.74, 6) is -2.32. The Hall–Kier alpha value is -4.43. The molecule has 0 atom stereocenters. The standard InChI is InChI=1S/C30H28ClN3O5/c1-3-5-8-19-13-15-22(16-14-19)33-27(35)20-9-6-11-23(17-20)32-26-25(31)28(36)34(29(26)37)24-12-7-10-21(18-24)30(38)39-4-2/h6-7,9-18,32H,3-5,8H2,1-2H3,(H,33,35). The molecule has 0 aromatic heterocycles. The van der Waals surface area contributed by atoms with E-state index in [1.807, 2.05) is 24.3 Å². The zero-order chi connectivity index (χ0) is 27.9. The van der Waals surface area contributed by atoms with Crippen LogP contribution in [-0.2, 0) is 20.7 Å². The molecule has 0 radical (unpaired) electrons. The molecule has 1 heterocycles. The Bertz CT molecular complexity index is 1450. The molecule has 0 saturated heterocycles. The van der Waals surface area contributed by atoms with Crippen LogP contribution in [0.25, 0.3) is 0 Å². The van der Waals surface area contributed by atoms with E-state index in [2.05, 4.69) is 17.6 Å². The van der Waals surface area contributed by atoms with Crippen LogP contribution in [0.15, 0.2) is 83.5 Å². The second kappa shape index (κ2) is 12.4. The van der Waals surface area contributed by atoms with Gasteiger partial charge >= 0.3 is 5.97 Å². The van der Waals surface area contributed by atoms with Crippen molar-refractivity contribution >= 4 is 52.4 Å². The Morgan fingerprint density at radius 2 is 1.59 bits per heavy atom. The normalized spacial score (nSPS) is 13.1. The average Bonchev–Trinajstić information content (AvgIpc) is 3.15. The number of benzene rings is 3. The van der Waals surface area contributed by atoms with Crippen molar-refractivity contribution in [2.45, 2.75) is 33.1 Å². The summed E-state index contributed by atoms with van der Waals surface area (Å²) in [4.78, 5) is 51.9. The van der Waals surface area contributed by atoms with E-state index in [0.29, 0.717) is 16.9 Å². The lowest BCUT2D eigenvalue weighted by Crippen LogP contribution is -2.32. The number of halogens is 1. The lowest BCUT2D eigenvalue weighted by molar-refractivity contribution is -0.120. The predicted octanol–water partition coefficient (Wildman–Crippen LogP) is 5.89. The number of hydrogen-bond acceptors (Lipinski definition) is 6. The van der Waals surface area contributed by atoms with E-state index in [4.69, 9.17) is 16.3 Å². The third-order valence-electron chi connectivity index (χ3n) is 6.07. The van der Waals surface area contributed by atoms with E-state index in [1.54, 1.807) is 37.3 Å². The maximum Gasteiger partial charge on any atom is 0.338 e. The molecule has 0 fully saturated rings. The highest BCUT2D eigenvalue weighted by atomic mass is 35.5. The third-order valence-corrected chi connectivity index (χ3v) is 6.42. The lowest BCUT2D eigenvalue weighted by atomic mass is 10.1. The van der Waals surface area contributed by atoms with Gasteiger partial charge < -0.3 is 15.4 Å². The number of hydrogen-bond donors (Lipinski definition) is 2. The fourth-order valence-corrected chi connectivity index (χ4v) is 4.27. The summed E-state index contributed by atoms with van der Waals surface area (Å²) in [7, 11) is 0. The molecule has 9 heteroatoms. The number of anilines is 3. The predicted molar refractivity (Wildman–Crippen MR) is 151 cm³/mol. The van der Waals surface area contributed by atoms with Gasteiger partial charge in [0.25, 0.3) is 17.7 Å². The molecule has 0 spiro atoms. The van der Waals surface area contributed by atoms with Crippen LogP contribution in [0.1, 0.15) is 53.0 Å². The monoisotopic (exact) mass is 545 g/mol. The van der Waals surface area contributed by atoms with Gasteiger partial charge in [-0.15, -0.1) is 0 Å². The molecule has 0 saturated carbocycles. The zero-order valence-electron chi connectivity index (χ0n) is 21.6. The smallest absolute Gasteiger partial charge is 0.338 e. The van der Waals surface area contributed by atoms with Gasteiger partial charge in [-0.25, -0.2) is 9.69 Å². The van der Waals surface area contributed by atoms with Crippen molar-refractivity contribution in [3.8, 4) is 0 Å². The molecule has 3 amide bonds. The molecule has 2 N–H and O–H groups in total. The fourth-order valence-electron chi connectivity index (χ4n) is 4.05. The molecule has 1 aliphatic rings. The number of nitrogens with one attached hydrogen (secondary N) is 2. The average molecular weight is 546 g/mol. The number of ether oxygens (including phenoxy) is 1. The van der Waals surface area contributed by atoms with Crippen molar-refractivity contribution < 1.29 is 23.9 Å². The largest absolute Gasteiger partial charge is 0.462 e. The highest BCUT2D eigenvalue weighted by Crippen LogP contribution is 2.31. The van der Waals surface area contributed by atoms with Crippen molar-refractivity contribution in [1.82, 2.24) is 0 Å². The number of carbonyl (C=O) groups is 4. The molecule has 3 aromatic rings. The maximum atomic E-state index is 13.2. The molecule has 200 valence electrons. The van der Waals surface area contributed by atoms with Gasteiger partial charge in [0.05, 0.1) is 17.9 Å². The summed E-state index contributed by atoms with van der Waals surface area (Å²) in [6, 6.07) is 20.2. The Morgan fingerprint density at radius 3 is 2.31 bits per heavy atom. The first kappa shape index (κ1) is 27.6. The summed E-state index contributed by atoms with van der Waals surface area (Å²) < 4.78 is 5.00. The van der Waals surface area contributed by atoms with Gasteiger partial charge in [-0.1, -0.05) is 49.2 Å². The number of nitrogens with zero attached hydrogens (tertiary/aromatic N) is 1. The first-order valence-electron chi connectivity index (χ1n) is 12.7. The molecule has 0 unspecified atom stereocenters. The van der Waals surface area contributed by atoms with E-state index >= 15 is 0 Å². The van der Waals surface area contributed by atoms with Gasteiger partial charge in [0.2, 0.25) is 0 Å². The van der Waals surface area contributed by atoms with Crippen LogP contribution in [0.5, 0.6) is 0 Å². The Labute approximate surface area is 231 Å². The summed E-state index contributed by atoms with van der Waals surface area (Å²) in [6.45, 7) is 4.01. The van der Waals surface area contributed by atoms with Crippen LogP contribution in [0, 0.1) is 0 Å². The van der Waals surface area contributed by atoms with Crippen molar-refractivity contribution in [1.29, 1.82) is 0 Å².